The molecule has 1 unspecified atom stereocenters. The largest absolute Gasteiger partial charge is 0.312 e. The van der Waals surface area contributed by atoms with E-state index in [0.717, 1.165) is 73.2 Å². The normalized spacial score (nSPS) is 20.6. The first-order valence-corrected chi connectivity index (χ1v) is 20.6. The van der Waals surface area contributed by atoms with Gasteiger partial charge < -0.3 is 4.90 Å². The lowest BCUT2D eigenvalue weighted by Crippen LogP contribution is -2.24. The Balaban J connectivity index is 1.05. The number of aliphatic imine (C=N–C) groups is 2. The van der Waals surface area contributed by atoms with Gasteiger partial charge in [-0.2, -0.15) is 0 Å². The third-order valence-electron chi connectivity index (χ3n) is 12.1. The highest BCUT2D eigenvalue weighted by molar-refractivity contribution is 6.14. The van der Waals surface area contributed by atoms with Crippen LogP contribution in [0.15, 0.2) is 196 Å². The zero-order chi connectivity index (χ0) is 37.4. The van der Waals surface area contributed by atoms with Crippen LogP contribution in [-0.2, 0) is 0 Å². The van der Waals surface area contributed by atoms with Crippen molar-refractivity contribution in [2.24, 2.45) is 9.98 Å². The lowest BCUT2D eigenvalue weighted by molar-refractivity contribution is 0.624. The molecule has 3 nitrogen and oxygen atoms in total. The van der Waals surface area contributed by atoms with Gasteiger partial charge in [0.1, 0.15) is 0 Å². The molecule has 1 atom stereocenters. The number of allylic oxidation sites excluding steroid dienone is 8. The second kappa shape index (κ2) is 14.9. The number of rotatable bonds is 7. The van der Waals surface area contributed by atoms with E-state index in [1.165, 1.54) is 86.5 Å². The van der Waals surface area contributed by atoms with Crippen molar-refractivity contribution in [2.75, 3.05) is 0 Å². The predicted octanol–water partition coefficient (Wildman–Crippen LogP) is 13.1. The van der Waals surface area contributed by atoms with Crippen molar-refractivity contribution in [1.29, 1.82) is 0 Å². The Morgan fingerprint density at radius 3 is 2.12 bits per heavy atom. The second-order valence-electron chi connectivity index (χ2n) is 15.7. The van der Waals surface area contributed by atoms with E-state index in [4.69, 9.17) is 16.6 Å². The Morgan fingerprint density at radius 2 is 1.36 bits per heavy atom. The van der Waals surface area contributed by atoms with Crippen LogP contribution in [0.1, 0.15) is 92.0 Å². The smallest absolute Gasteiger partial charge is 0.155 e. The minimum atomic E-state index is 0.0599. The Bertz CT molecular complexity index is 2530. The molecule has 6 aliphatic rings. The number of hydrogen-bond acceptors (Lipinski definition) is 3. The molecule has 0 aromatic heterocycles. The van der Waals surface area contributed by atoms with Crippen LogP contribution in [0.25, 0.3) is 22.4 Å². The maximum Gasteiger partial charge on any atom is 0.155 e. The first-order chi connectivity index (χ1) is 27.7. The molecule has 0 bridgehead atoms. The Kier molecular flexibility index (Phi) is 9.15. The van der Waals surface area contributed by atoms with Crippen LogP contribution < -0.4 is 0 Å². The molecule has 0 radical (unpaired) electrons. The van der Waals surface area contributed by atoms with E-state index in [1.54, 1.807) is 0 Å². The number of benzene rings is 4. The molecule has 3 heterocycles. The number of fused-ring (bicyclic) bond motifs is 3. The molecular formula is C53H47N3. The van der Waals surface area contributed by atoms with Crippen molar-refractivity contribution >= 4 is 22.8 Å². The molecular weight excluding hydrogens is 679 g/mol. The van der Waals surface area contributed by atoms with E-state index in [-0.39, 0.29) is 6.04 Å². The Morgan fingerprint density at radius 1 is 0.607 bits per heavy atom. The summed E-state index contributed by atoms with van der Waals surface area (Å²) in [5, 5.41) is 0. The topological polar surface area (TPSA) is 28.0 Å². The van der Waals surface area contributed by atoms with Crippen LogP contribution in [-0.4, -0.2) is 22.5 Å². The average molecular weight is 726 g/mol. The third-order valence-corrected chi connectivity index (χ3v) is 12.1. The summed E-state index contributed by atoms with van der Waals surface area (Å²) in [4.78, 5) is 13.0. The van der Waals surface area contributed by atoms with Crippen molar-refractivity contribution in [3.05, 3.63) is 214 Å². The van der Waals surface area contributed by atoms with Gasteiger partial charge in [0, 0.05) is 35.2 Å². The molecule has 4 aromatic carbocycles. The monoisotopic (exact) mass is 725 g/mol. The van der Waals surface area contributed by atoms with E-state index in [2.05, 4.69) is 151 Å². The summed E-state index contributed by atoms with van der Waals surface area (Å²) >= 11 is 0. The lowest BCUT2D eigenvalue weighted by Gasteiger charge is -2.37. The van der Waals surface area contributed by atoms with Gasteiger partial charge in [0.25, 0.3) is 0 Å². The molecule has 0 saturated carbocycles. The maximum absolute atomic E-state index is 5.28. The van der Waals surface area contributed by atoms with Crippen LogP contribution in [0.4, 0.5) is 0 Å². The molecule has 274 valence electrons. The van der Waals surface area contributed by atoms with E-state index in [9.17, 15) is 0 Å². The van der Waals surface area contributed by atoms with E-state index >= 15 is 0 Å². The molecule has 3 aliphatic heterocycles. The highest BCUT2D eigenvalue weighted by Gasteiger charge is 2.39. The minimum absolute atomic E-state index is 0.0599. The molecule has 0 N–H and O–H groups in total. The summed E-state index contributed by atoms with van der Waals surface area (Å²) < 4.78 is 0. The second-order valence-corrected chi connectivity index (χ2v) is 15.7. The van der Waals surface area contributed by atoms with Gasteiger partial charge >= 0.3 is 0 Å². The van der Waals surface area contributed by atoms with Gasteiger partial charge in [0.05, 0.1) is 23.1 Å². The molecule has 3 heteroatoms. The van der Waals surface area contributed by atoms with E-state index in [1.807, 2.05) is 0 Å². The molecule has 10 rings (SSSR count). The zero-order valence-corrected chi connectivity index (χ0v) is 32.1. The van der Waals surface area contributed by atoms with Crippen molar-refractivity contribution in [1.82, 2.24) is 4.90 Å². The highest BCUT2D eigenvalue weighted by atomic mass is 15.2. The highest BCUT2D eigenvalue weighted by Crippen LogP contribution is 2.53. The molecule has 0 fully saturated rings. The summed E-state index contributed by atoms with van der Waals surface area (Å²) in [6.07, 6.45) is 27.4. The fourth-order valence-electron chi connectivity index (χ4n) is 9.36. The molecule has 0 amide bonds. The van der Waals surface area contributed by atoms with Gasteiger partial charge in [-0.1, -0.05) is 146 Å². The van der Waals surface area contributed by atoms with Gasteiger partial charge in [-0.25, -0.2) is 4.99 Å². The Labute approximate surface area is 331 Å². The fourth-order valence-corrected chi connectivity index (χ4v) is 9.36. The standard InChI is InChI=1S/C53H47N3/c1-36-33-47(38-17-6-2-7-18-38)52-46-28-15-14-27-45(46)50(51(56(36)52)42-23-12-5-13-24-42)41-31-29-37(30-32-41)43-25-16-26-44(34-43)53-54-48(39-19-8-3-9-20-39)35-49(55-53)40-21-10-4-11-22-40/h3,8-10,12,14-17,19-32,34,49H,1-2,4-7,11,13,18,33,35H2. The van der Waals surface area contributed by atoms with E-state index in [0.29, 0.717) is 0 Å². The van der Waals surface area contributed by atoms with E-state index < -0.39 is 0 Å². The minimum Gasteiger partial charge on any atom is -0.312 e. The number of amidine groups is 1. The SMILES string of the molecule is C=C1CC(C2=CCCCC2)=C2c3ccccc3C(c3ccc(-c4cccc(C5=NC(C6=CCCC=C6)CC(c6ccccc6)=N5)c4)cc3)=C(C3=CCCC=C3)N12. The predicted molar refractivity (Wildman–Crippen MR) is 234 cm³/mol. The van der Waals surface area contributed by atoms with Crippen LogP contribution in [0, 0.1) is 0 Å². The summed E-state index contributed by atoms with van der Waals surface area (Å²) in [6, 6.07) is 37.7. The van der Waals surface area contributed by atoms with Crippen LogP contribution in [0.2, 0.25) is 0 Å². The molecule has 0 spiro atoms. The van der Waals surface area contributed by atoms with Gasteiger partial charge in [-0.3, -0.25) is 4.99 Å². The summed E-state index contributed by atoms with van der Waals surface area (Å²) in [5.74, 6) is 0.805. The average Bonchev–Trinajstić information content (AvgIpc) is 3.64. The number of hydrogen-bond donors (Lipinski definition) is 0. The van der Waals surface area contributed by atoms with Gasteiger partial charge in [0.2, 0.25) is 0 Å². The third kappa shape index (κ3) is 6.35. The first-order valence-electron chi connectivity index (χ1n) is 20.6. The molecule has 0 saturated heterocycles. The molecule has 3 aliphatic carbocycles. The van der Waals surface area contributed by atoms with Crippen molar-refractivity contribution in [3.63, 3.8) is 0 Å². The fraction of sp³-hybridized carbons (Fsp3) is 0.208. The van der Waals surface area contributed by atoms with Gasteiger partial charge in [-0.05, 0) is 108 Å². The van der Waals surface area contributed by atoms with Crippen molar-refractivity contribution in [2.45, 2.75) is 70.3 Å². The molecule has 4 aromatic rings. The summed E-state index contributed by atoms with van der Waals surface area (Å²) in [5.41, 5.74) is 20.1. The lowest BCUT2D eigenvalue weighted by atomic mass is 9.82. The number of nitrogens with zero attached hydrogens (tertiary/aromatic N) is 3. The van der Waals surface area contributed by atoms with Crippen LogP contribution in [0.5, 0.6) is 0 Å². The summed E-state index contributed by atoms with van der Waals surface area (Å²) in [6.45, 7) is 4.73. The zero-order valence-electron chi connectivity index (χ0n) is 32.1. The first kappa shape index (κ1) is 34.4. The van der Waals surface area contributed by atoms with Gasteiger partial charge in [-0.15, -0.1) is 0 Å². The molecule has 56 heavy (non-hydrogen) atoms. The van der Waals surface area contributed by atoms with Crippen LogP contribution in [0.3, 0.4) is 0 Å². The quantitative estimate of drug-likeness (QED) is 0.186. The van der Waals surface area contributed by atoms with Crippen molar-refractivity contribution < 1.29 is 0 Å². The summed E-state index contributed by atoms with van der Waals surface area (Å²) in [7, 11) is 0. The maximum atomic E-state index is 5.28. The van der Waals surface area contributed by atoms with Crippen molar-refractivity contribution in [3.8, 4) is 11.1 Å². The van der Waals surface area contributed by atoms with Crippen LogP contribution >= 0.6 is 0 Å². The Hall–Kier alpha value is -6.06. The van der Waals surface area contributed by atoms with Gasteiger partial charge in [0.15, 0.2) is 5.84 Å².